The first-order valence-electron chi connectivity index (χ1n) is 12.8. The van der Waals surface area contributed by atoms with Crippen LogP contribution in [0.2, 0.25) is 0 Å². The van der Waals surface area contributed by atoms with Crippen LogP contribution in [-0.2, 0) is 22.6 Å². The molecule has 2 aromatic heterocycles. The molecule has 0 radical (unpaired) electrons. The van der Waals surface area contributed by atoms with E-state index in [9.17, 15) is 14.7 Å². The van der Waals surface area contributed by atoms with E-state index >= 15 is 0 Å². The minimum absolute atomic E-state index is 0.0447. The van der Waals surface area contributed by atoms with Crippen molar-refractivity contribution >= 4 is 23.5 Å². The van der Waals surface area contributed by atoms with Crippen LogP contribution in [0.3, 0.4) is 0 Å². The Labute approximate surface area is 213 Å². The first-order chi connectivity index (χ1) is 17.5. The molecule has 7 nitrogen and oxygen atoms in total. The number of nitrogens with one attached hydrogen (secondary N) is 2. The van der Waals surface area contributed by atoms with E-state index in [2.05, 4.69) is 22.5 Å². The summed E-state index contributed by atoms with van der Waals surface area (Å²) in [5, 5.41) is 17.2. The molecular formula is C29H36N4O3. The maximum Gasteiger partial charge on any atom is 0.229 e. The van der Waals surface area contributed by atoms with Crippen LogP contribution in [-0.4, -0.2) is 16.8 Å². The Bertz CT molecular complexity index is 1130. The molecule has 0 aliphatic carbocycles. The van der Waals surface area contributed by atoms with Crippen LogP contribution in [0.5, 0.6) is 5.75 Å². The molecule has 36 heavy (non-hydrogen) atoms. The van der Waals surface area contributed by atoms with Gasteiger partial charge in [0.2, 0.25) is 11.8 Å². The summed E-state index contributed by atoms with van der Waals surface area (Å²) < 4.78 is 1.82. The third kappa shape index (κ3) is 9.86. The SMILES string of the molecule is CCCCCCCCCC(=O)Nc1cccc(NC(=O)Cc2cccc(C[n+]3cccc([O-])c3)c2)n1. The van der Waals surface area contributed by atoms with Crippen molar-refractivity contribution in [3.8, 4) is 5.75 Å². The number of anilines is 2. The Hall–Kier alpha value is -3.74. The van der Waals surface area contributed by atoms with Gasteiger partial charge in [0, 0.05) is 18.1 Å². The van der Waals surface area contributed by atoms with Crippen molar-refractivity contribution in [2.45, 2.75) is 71.3 Å². The average molecular weight is 489 g/mol. The molecule has 0 saturated carbocycles. The molecule has 3 rings (SSSR count). The number of hydrogen-bond acceptors (Lipinski definition) is 4. The highest BCUT2D eigenvalue weighted by molar-refractivity contribution is 5.92. The zero-order chi connectivity index (χ0) is 25.6. The zero-order valence-corrected chi connectivity index (χ0v) is 21.0. The van der Waals surface area contributed by atoms with E-state index < -0.39 is 0 Å². The molecule has 0 unspecified atom stereocenters. The van der Waals surface area contributed by atoms with Crippen LogP contribution >= 0.6 is 0 Å². The maximum absolute atomic E-state index is 12.6. The summed E-state index contributed by atoms with van der Waals surface area (Å²) in [6.45, 7) is 2.75. The first-order valence-corrected chi connectivity index (χ1v) is 12.8. The van der Waals surface area contributed by atoms with Gasteiger partial charge in [-0.3, -0.25) is 9.59 Å². The van der Waals surface area contributed by atoms with Gasteiger partial charge in [0.05, 0.1) is 6.42 Å². The molecule has 7 heteroatoms. The highest BCUT2D eigenvalue weighted by Crippen LogP contribution is 2.13. The van der Waals surface area contributed by atoms with Gasteiger partial charge in [-0.05, 0) is 35.9 Å². The Morgan fingerprint density at radius 3 is 2.25 bits per heavy atom. The number of rotatable bonds is 14. The quantitative estimate of drug-likeness (QED) is 0.253. The van der Waals surface area contributed by atoms with Gasteiger partial charge in [0.25, 0.3) is 0 Å². The number of nitrogens with zero attached hydrogens (tertiary/aromatic N) is 2. The number of aromatic nitrogens is 2. The number of amides is 2. The molecule has 3 aromatic rings. The summed E-state index contributed by atoms with van der Waals surface area (Å²) in [5.41, 5.74) is 1.86. The van der Waals surface area contributed by atoms with Crippen LogP contribution in [0.1, 0.15) is 69.4 Å². The average Bonchev–Trinajstić information content (AvgIpc) is 2.84. The van der Waals surface area contributed by atoms with Gasteiger partial charge in [-0.2, -0.15) is 0 Å². The fourth-order valence-corrected chi connectivity index (χ4v) is 4.04. The zero-order valence-electron chi connectivity index (χ0n) is 21.0. The minimum Gasteiger partial charge on any atom is -0.868 e. The number of carbonyl (C=O) groups excluding carboxylic acids is 2. The van der Waals surface area contributed by atoms with Crippen LogP contribution in [0, 0.1) is 0 Å². The van der Waals surface area contributed by atoms with E-state index in [1.165, 1.54) is 38.2 Å². The van der Waals surface area contributed by atoms with Crippen molar-refractivity contribution in [3.63, 3.8) is 0 Å². The molecule has 0 fully saturated rings. The highest BCUT2D eigenvalue weighted by atomic mass is 16.3. The third-order valence-electron chi connectivity index (χ3n) is 5.84. The minimum atomic E-state index is -0.194. The summed E-state index contributed by atoms with van der Waals surface area (Å²) >= 11 is 0. The van der Waals surface area contributed by atoms with Gasteiger partial charge < -0.3 is 15.7 Å². The highest BCUT2D eigenvalue weighted by Gasteiger charge is 2.09. The second-order valence-corrected chi connectivity index (χ2v) is 9.08. The normalized spacial score (nSPS) is 10.7. The summed E-state index contributed by atoms with van der Waals surface area (Å²) in [4.78, 5) is 29.2. The topological polar surface area (TPSA) is 98.0 Å². The van der Waals surface area contributed by atoms with Crippen LogP contribution in [0.25, 0.3) is 0 Å². The van der Waals surface area contributed by atoms with E-state index in [-0.39, 0.29) is 24.0 Å². The standard InChI is InChI=1S/C29H36N4O3/c1-2-3-4-5-6-7-8-17-28(35)31-26-15-10-16-27(30-26)32-29(36)20-23-12-9-13-24(19-23)21-33-18-11-14-25(34)22-33/h9-16,18-19,22H,2-8,17,20-21H2,1H3,(H2-,30,31,32,34,35,36). The van der Waals surface area contributed by atoms with E-state index in [0.29, 0.717) is 24.6 Å². The molecule has 190 valence electrons. The molecule has 0 atom stereocenters. The van der Waals surface area contributed by atoms with Gasteiger partial charge in [-0.1, -0.05) is 75.8 Å². The number of hydrogen-bond donors (Lipinski definition) is 2. The first kappa shape index (κ1) is 26.9. The van der Waals surface area contributed by atoms with E-state index in [4.69, 9.17) is 0 Å². The molecule has 0 bridgehead atoms. The van der Waals surface area contributed by atoms with Crippen molar-refractivity contribution < 1.29 is 19.3 Å². The lowest BCUT2D eigenvalue weighted by molar-refractivity contribution is -0.690. The predicted octanol–water partition coefficient (Wildman–Crippen LogP) is 4.75. The summed E-state index contributed by atoms with van der Waals surface area (Å²) in [5.74, 6) is 0.530. The van der Waals surface area contributed by atoms with Crippen molar-refractivity contribution in [1.82, 2.24) is 4.98 Å². The molecule has 2 N–H and O–H groups in total. The molecule has 0 saturated heterocycles. The van der Waals surface area contributed by atoms with Crippen molar-refractivity contribution in [1.29, 1.82) is 0 Å². The van der Waals surface area contributed by atoms with Crippen LogP contribution < -0.4 is 20.3 Å². The monoisotopic (exact) mass is 488 g/mol. The number of benzene rings is 1. The van der Waals surface area contributed by atoms with Gasteiger partial charge in [-0.25, -0.2) is 9.55 Å². The van der Waals surface area contributed by atoms with Crippen molar-refractivity contribution in [3.05, 3.63) is 78.1 Å². The third-order valence-corrected chi connectivity index (χ3v) is 5.84. The summed E-state index contributed by atoms with van der Waals surface area (Å²) in [7, 11) is 0. The van der Waals surface area contributed by atoms with Gasteiger partial charge in [-0.15, -0.1) is 0 Å². The fourth-order valence-electron chi connectivity index (χ4n) is 4.04. The summed E-state index contributed by atoms with van der Waals surface area (Å²) in [6, 6.07) is 16.1. The maximum atomic E-state index is 12.6. The number of pyridine rings is 2. The molecule has 0 spiro atoms. The van der Waals surface area contributed by atoms with Crippen LogP contribution in [0.4, 0.5) is 11.6 Å². The lowest BCUT2D eigenvalue weighted by Gasteiger charge is -2.09. The number of unbranched alkanes of at least 4 members (excludes halogenated alkanes) is 6. The Balaban J connectivity index is 1.45. The Morgan fingerprint density at radius 2 is 1.50 bits per heavy atom. The molecule has 0 aliphatic rings. The van der Waals surface area contributed by atoms with Gasteiger partial charge >= 0.3 is 0 Å². The number of carbonyl (C=O) groups is 2. The predicted molar refractivity (Wildman–Crippen MR) is 139 cm³/mol. The molecular weight excluding hydrogens is 452 g/mol. The van der Waals surface area contributed by atoms with E-state index in [0.717, 1.165) is 24.0 Å². The van der Waals surface area contributed by atoms with Crippen LogP contribution in [0.15, 0.2) is 67.0 Å². The van der Waals surface area contributed by atoms with Crippen molar-refractivity contribution in [2.75, 3.05) is 10.6 Å². The Morgan fingerprint density at radius 1 is 0.833 bits per heavy atom. The summed E-state index contributed by atoms with van der Waals surface area (Å²) in [6.07, 6.45) is 12.2. The molecule has 2 amide bonds. The second kappa shape index (κ2) is 14.6. The van der Waals surface area contributed by atoms with Gasteiger partial charge in [0.15, 0.2) is 18.9 Å². The van der Waals surface area contributed by atoms with E-state index in [1.54, 1.807) is 30.5 Å². The van der Waals surface area contributed by atoms with Gasteiger partial charge in [0.1, 0.15) is 11.6 Å². The van der Waals surface area contributed by atoms with Crippen molar-refractivity contribution in [2.24, 2.45) is 0 Å². The molecule has 1 aromatic carbocycles. The largest absolute Gasteiger partial charge is 0.868 e. The lowest BCUT2D eigenvalue weighted by Crippen LogP contribution is -2.33. The second-order valence-electron chi connectivity index (χ2n) is 9.08. The van der Waals surface area contributed by atoms with E-state index in [1.807, 2.05) is 35.0 Å². The Kier molecular flexibility index (Phi) is 10.9. The molecule has 2 heterocycles. The smallest absolute Gasteiger partial charge is 0.229 e. The molecule has 0 aliphatic heterocycles. The lowest BCUT2D eigenvalue weighted by atomic mass is 10.1. The fraction of sp³-hybridized carbons (Fsp3) is 0.379.